The number of methoxy groups -OCH3 is 1. The molecule has 0 radical (unpaired) electrons. The Morgan fingerprint density at radius 1 is 1.44 bits per heavy atom. The molecular weight excluding hydrogens is 328 g/mol. The minimum atomic E-state index is -0.781. The fraction of sp³-hybridized carbons (Fsp3) is 0.647. The van der Waals surface area contributed by atoms with Crippen LogP contribution < -0.4 is 4.74 Å². The van der Waals surface area contributed by atoms with Gasteiger partial charge in [-0.1, -0.05) is 6.07 Å². The summed E-state index contributed by atoms with van der Waals surface area (Å²) in [5, 5.41) is 27.1. The molecule has 1 aromatic rings. The minimum Gasteiger partial charge on any atom is -0.483 e. The van der Waals surface area contributed by atoms with E-state index in [1.807, 2.05) is 12.1 Å². The van der Waals surface area contributed by atoms with Gasteiger partial charge in [0.05, 0.1) is 25.4 Å². The second kappa shape index (κ2) is 9.10. The number of aliphatic hydroxyl groups excluding tert-OH is 2. The number of pyridine rings is 1. The largest absolute Gasteiger partial charge is 0.483 e. The first-order chi connectivity index (χ1) is 12.1. The zero-order chi connectivity index (χ0) is 18.3. The smallest absolute Gasteiger partial charge is 0.290 e. The van der Waals surface area contributed by atoms with Crippen molar-refractivity contribution in [1.82, 2.24) is 9.88 Å². The van der Waals surface area contributed by atoms with Gasteiger partial charge in [0.15, 0.2) is 0 Å². The summed E-state index contributed by atoms with van der Waals surface area (Å²) in [6, 6.07) is 3.93. The zero-order valence-corrected chi connectivity index (χ0v) is 14.4. The first-order valence-electron chi connectivity index (χ1n) is 8.34. The van der Waals surface area contributed by atoms with E-state index in [9.17, 15) is 10.2 Å². The lowest BCUT2D eigenvalue weighted by atomic mass is 9.80. The standard InChI is InChI=1S/C16H24N2O4.CH2O2/c1-21-15-12(3-2-7-17-15)11-18-8-5-16(6-9-18)14(20)13(19)4-10-22-16;2-1-3/h2-3,7,13-14,19-20H,4-6,8-11H2,1H3;1H,(H,2,3)/t13-,14-;/m0./s1. The van der Waals surface area contributed by atoms with Crippen LogP contribution in [0.4, 0.5) is 0 Å². The fourth-order valence-electron chi connectivity index (χ4n) is 3.48. The molecule has 25 heavy (non-hydrogen) atoms. The van der Waals surface area contributed by atoms with Crippen molar-refractivity contribution >= 4 is 6.47 Å². The average molecular weight is 354 g/mol. The number of piperidine rings is 1. The first-order valence-corrected chi connectivity index (χ1v) is 8.34. The van der Waals surface area contributed by atoms with Gasteiger partial charge in [-0.3, -0.25) is 9.69 Å². The summed E-state index contributed by atoms with van der Waals surface area (Å²) in [5.41, 5.74) is 0.485. The summed E-state index contributed by atoms with van der Waals surface area (Å²) in [6.07, 6.45) is 2.25. The molecule has 3 heterocycles. The van der Waals surface area contributed by atoms with Crippen molar-refractivity contribution in [2.24, 2.45) is 0 Å². The molecule has 0 unspecified atom stereocenters. The molecule has 1 spiro atoms. The molecule has 0 amide bonds. The number of nitrogens with zero attached hydrogens (tertiary/aromatic N) is 2. The van der Waals surface area contributed by atoms with E-state index in [1.54, 1.807) is 13.3 Å². The molecule has 2 atom stereocenters. The molecule has 140 valence electrons. The van der Waals surface area contributed by atoms with Gasteiger partial charge in [0, 0.05) is 31.4 Å². The van der Waals surface area contributed by atoms with Crippen molar-refractivity contribution in [3.63, 3.8) is 0 Å². The van der Waals surface area contributed by atoms with Crippen LogP contribution in [-0.4, -0.2) is 76.3 Å². The number of carbonyl (C=O) groups is 1. The second-order valence-corrected chi connectivity index (χ2v) is 6.27. The molecule has 2 aliphatic rings. The highest BCUT2D eigenvalue weighted by atomic mass is 16.5. The van der Waals surface area contributed by atoms with Gasteiger partial charge in [0.2, 0.25) is 5.88 Å². The molecule has 2 saturated heterocycles. The van der Waals surface area contributed by atoms with Crippen LogP contribution in [0.15, 0.2) is 18.3 Å². The highest BCUT2D eigenvalue weighted by molar-refractivity contribution is 5.32. The zero-order valence-electron chi connectivity index (χ0n) is 14.4. The van der Waals surface area contributed by atoms with Gasteiger partial charge in [-0.2, -0.15) is 0 Å². The van der Waals surface area contributed by atoms with Gasteiger partial charge in [0.25, 0.3) is 6.47 Å². The topological polar surface area (TPSA) is 112 Å². The lowest BCUT2D eigenvalue weighted by Crippen LogP contribution is -2.59. The molecule has 3 rings (SSSR count). The van der Waals surface area contributed by atoms with Gasteiger partial charge in [-0.05, 0) is 25.3 Å². The Balaban J connectivity index is 0.000000701. The maximum absolute atomic E-state index is 10.3. The quantitative estimate of drug-likeness (QED) is 0.663. The van der Waals surface area contributed by atoms with Crippen molar-refractivity contribution in [1.29, 1.82) is 0 Å². The summed E-state index contributed by atoms with van der Waals surface area (Å²) in [5.74, 6) is 0.659. The lowest BCUT2D eigenvalue weighted by Gasteiger charge is -2.48. The first kappa shape index (κ1) is 19.6. The molecule has 0 bridgehead atoms. The van der Waals surface area contributed by atoms with Gasteiger partial charge >= 0.3 is 0 Å². The van der Waals surface area contributed by atoms with Gasteiger partial charge < -0.3 is 24.8 Å². The molecule has 2 aliphatic heterocycles. The van der Waals surface area contributed by atoms with E-state index in [4.69, 9.17) is 19.4 Å². The summed E-state index contributed by atoms with van der Waals surface area (Å²) < 4.78 is 11.2. The predicted octanol–water partition coefficient (Wildman–Crippen LogP) is 0.268. The Bertz CT molecular complexity index is 548. The molecular formula is C17H26N2O6. The van der Waals surface area contributed by atoms with E-state index in [1.165, 1.54) is 0 Å². The number of aromatic nitrogens is 1. The average Bonchev–Trinajstić information content (AvgIpc) is 2.63. The van der Waals surface area contributed by atoms with E-state index in [2.05, 4.69) is 9.88 Å². The number of carboxylic acid groups (broad SMARTS) is 1. The molecule has 0 aromatic carbocycles. The van der Waals surface area contributed by atoms with Crippen LogP contribution >= 0.6 is 0 Å². The maximum atomic E-state index is 10.3. The molecule has 0 aliphatic carbocycles. The Hall–Kier alpha value is -1.74. The Morgan fingerprint density at radius 3 is 2.76 bits per heavy atom. The Kier molecular flexibility index (Phi) is 7.12. The van der Waals surface area contributed by atoms with E-state index in [0.29, 0.717) is 18.9 Å². The SMILES string of the molecule is COc1ncccc1CN1CCC2(CC1)OCC[C@H](O)[C@@H]2O.O=CO. The highest BCUT2D eigenvalue weighted by Crippen LogP contribution is 2.36. The second-order valence-electron chi connectivity index (χ2n) is 6.27. The molecule has 8 nitrogen and oxygen atoms in total. The Labute approximate surface area is 147 Å². The van der Waals surface area contributed by atoms with Crippen LogP contribution in [-0.2, 0) is 16.1 Å². The lowest BCUT2D eigenvalue weighted by molar-refractivity contribution is -0.214. The highest BCUT2D eigenvalue weighted by Gasteiger charge is 2.47. The van der Waals surface area contributed by atoms with Crippen molar-refractivity contribution < 1.29 is 29.6 Å². The summed E-state index contributed by atoms with van der Waals surface area (Å²) in [6.45, 7) is 2.68. The monoisotopic (exact) mass is 354 g/mol. The van der Waals surface area contributed by atoms with Crippen LogP contribution in [0.3, 0.4) is 0 Å². The van der Waals surface area contributed by atoms with Crippen molar-refractivity contribution in [2.75, 3.05) is 26.8 Å². The molecule has 1 aromatic heterocycles. The Morgan fingerprint density at radius 2 is 2.12 bits per heavy atom. The third-order valence-electron chi connectivity index (χ3n) is 4.85. The predicted molar refractivity (Wildman–Crippen MR) is 89.3 cm³/mol. The van der Waals surface area contributed by atoms with E-state index >= 15 is 0 Å². The van der Waals surface area contributed by atoms with Gasteiger partial charge in [-0.25, -0.2) is 4.98 Å². The van der Waals surface area contributed by atoms with E-state index in [0.717, 1.165) is 38.0 Å². The summed E-state index contributed by atoms with van der Waals surface area (Å²) >= 11 is 0. The van der Waals surface area contributed by atoms with Crippen LogP contribution in [0, 0.1) is 0 Å². The van der Waals surface area contributed by atoms with Gasteiger partial charge in [-0.15, -0.1) is 0 Å². The summed E-state index contributed by atoms with van der Waals surface area (Å²) in [7, 11) is 1.63. The van der Waals surface area contributed by atoms with Crippen LogP contribution in [0.1, 0.15) is 24.8 Å². The van der Waals surface area contributed by atoms with Crippen LogP contribution in [0.2, 0.25) is 0 Å². The number of ether oxygens (including phenoxy) is 2. The van der Waals surface area contributed by atoms with E-state index < -0.39 is 17.8 Å². The maximum Gasteiger partial charge on any atom is 0.290 e. The van der Waals surface area contributed by atoms with Crippen LogP contribution in [0.5, 0.6) is 5.88 Å². The molecule has 3 N–H and O–H groups in total. The number of rotatable bonds is 3. The number of hydrogen-bond donors (Lipinski definition) is 3. The van der Waals surface area contributed by atoms with Crippen LogP contribution in [0.25, 0.3) is 0 Å². The van der Waals surface area contributed by atoms with E-state index in [-0.39, 0.29) is 6.47 Å². The van der Waals surface area contributed by atoms with Crippen molar-refractivity contribution in [3.05, 3.63) is 23.9 Å². The van der Waals surface area contributed by atoms with Crippen molar-refractivity contribution in [2.45, 2.75) is 43.6 Å². The van der Waals surface area contributed by atoms with Crippen molar-refractivity contribution in [3.8, 4) is 5.88 Å². The molecule has 8 heteroatoms. The normalized spacial score (nSPS) is 25.7. The summed E-state index contributed by atoms with van der Waals surface area (Å²) in [4.78, 5) is 14.9. The number of likely N-dealkylation sites (tertiary alicyclic amines) is 1. The number of hydrogen-bond acceptors (Lipinski definition) is 7. The van der Waals surface area contributed by atoms with Gasteiger partial charge in [0.1, 0.15) is 6.10 Å². The minimum absolute atomic E-state index is 0.250. The number of aliphatic hydroxyl groups is 2. The molecule has 0 saturated carbocycles. The third-order valence-corrected chi connectivity index (χ3v) is 4.85. The molecule has 2 fully saturated rings. The third kappa shape index (κ3) is 4.66. The fourth-order valence-corrected chi connectivity index (χ4v) is 3.48.